The molecule has 0 unspecified atom stereocenters. The first-order valence-electron chi connectivity index (χ1n) is 5.11. The van der Waals surface area contributed by atoms with E-state index in [9.17, 15) is 18.8 Å². The number of hydrogen-bond donors (Lipinski definition) is 1. The number of ether oxygens (including phenoxy) is 1. The molecule has 0 spiro atoms. The number of Topliss-reactive ketones (excluding diaryl/α,β-unsaturated/α-hetero) is 1. The number of rotatable bonds is 4. The van der Waals surface area contributed by atoms with Gasteiger partial charge in [-0.15, -0.1) is 0 Å². The van der Waals surface area contributed by atoms with Crippen molar-refractivity contribution in [2.24, 2.45) is 0 Å². The second-order valence-electron chi connectivity index (χ2n) is 3.61. The van der Waals surface area contributed by atoms with Crippen molar-refractivity contribution in [2.75, 3.05) is 12.4 Å². The molecule has 0 saturated heterocycles. The summed E-state index contributed by atoms with van der Waals surface area (Å²) in [6, 6.07) is 3.27. The number of methoxy groups -OCH3 is 1. The normalized spacial score (nSPS) is 9.72. The maximum Gasteiger partial charge on any atom is 0.339 e. The molecule has 0 atom stereocenters. The van der Waals surface area contributed by atoms with Gasteiger partial charge in [0.05, 0.1) is 24.8 Å². The van der Waals surface area contributed by atoms with E-state index >= 15 is 0 Å². The quantitative estimate of drug-likeness (QED) is 0.652. The monoisotopic (exact) mass is 253 g/mol. The number of carbonyl (C=O) groups is 3. The van der Waals surface area contributed by atoms with E-state index in [0.717, 1.165) is 12.1 Å². The van der Waals surface area contributed by atoms with Crippen molar-refractivity contribution in [1.29, 1.82) is 0 Å². The van der Waals surface area contributed by atoms with Crippen LogP contribution in [-0.2, 0) is 14.3 Å². The molecular weight excluding hydrogens is 241 g/mol. The highest BCUT2D eigenvalue weighted by Crippen LogP contribution is 2.18. The first-order valence-corrected chi connectivity index (χ1v) is 5.11. The summed E-state index contributed by atoms with van der Waals surface area (Å²) in [7, 11) is 1.17. The third-order valence-electron chi connectivity index (χ3n) is 2.07. The van der Waals surface area contributed by atoms with Gasteiger partial charge < -0.3 is 10.1 Å². The molecule has 0 fully saturated rings. The van der Waals surface area contributed by atoms with Gasteiger partial charge >= 0.3 is 5.97 Å². The maximum atomic E-state index is 13.1. The molecule has 1 aromatic rings. The van der Waals surface area contributed by atoms with Crippen molar-refractivity contribution in [3.63, 3.8) is 0 Å². The number of hydrogen-bond acceptors (Lipinski definition) is 4. The molecule has 1 N–H and O–H groups in total. The van der Waals surface area contributed by atoms with Crippen molar-refractivity contribution in [2.45, 2.75) is 13.3 Å². The molecule has 6 heteroatoms. The van der Waals surface area contributed by atoms with Gasteiger partial charge in [-0.25, -0.2) is 9.18 Å². The van der Waals surface area contributed by atoms with Crippen LogP contribution >= 0.6 is 0 Å². The Kier molecular flexibility index (Phi) is 4.53. The molecule has 5 nitrogen and oxygen atoms in total. The molecular formula is C12H12FNO4. The lowest BCUT2D eigenvalue weighted by Gasteiger charge is -2.09. The van der Waals surface area contributed by atoms with Crippen molar-refractivity contribution in [1.82, 2.24) is 0 Å². The number of anilines is 1. The Morgan fingerprint density at radius 3 is 2.56 bits per heavy atom. The van der Waals surface area contributed by atoms with Gasteiger partial charge in [0.25, 0.3) is 0 Å². The number of ketones is 1. The second-order valence-corrected chi connectivity index (χ2v) is 3.61. The van der Waals surface area contributed by atoms with Gasteiger partial charge in [0, 0.05) is 0 Å². The maximum absolute atomic E-state index is 13.1. The molecule has 0 aliphatic heterocycles. The third-order valence-corrected chi connectivity index (χ3v) is 2.07. The minimum absolute atomic E-state index is 0.0203. The number of amides is 1. The molecule has 0 aliphatic carbocycles. The van der Waals surface area contributed by atoms with Crippen LogP contribution in [0.3, 0.4) is 0 Å². The summed E-state index contributed by atoms with van der Waals surface area (Å²) < 4.78 is 17.6. The van der Waals surface area contributed by atoms with Crippen LogP contribution in [0.15, 0.2) is 18.2 Å². The van der Waals surface area contributed by atoms with Gasteiger partial charge in [0.15, 0.2) is 0 Å². The van der Waals surface area contributed by atoms with Crippen molar-refractivity contribution < 1.29 is 23.5 Å². The van der Waals surface area contributed by atoms with Crippen LogP contribution in [0, 0.1) is 5.82 Å². The average molecular weight is 253 g/mol. The number of halogens is 1. The SMILES string of the molecule is COC(=O)c1ccc(F)cc1NC(=O)CC(C)=O. The molecule has 1 aromatic carbocycles. The Morgan fingerprint density at radius 1 is 1.33 bits per heavy atom. The average Bonchev–Trinajstić information content (AvgIpc) is 2.27. The first-order chi connectivity index (χ1) is 8.43. The van der Waals surface area contributed by atoms with Crippen LogP contribution in [-0.4, -0.2) is 24.8 Å². The van der Waals surface area contributed by atoms with Crippen LogP contribution in [0.2, 0.25) is 0 Å². The summed E-state index contributed by atoms with van der Waals surface area (Å²) in [5, 5.41) is 2.30. The standard InChI is InChI=1S/C12H12FNO4/c1-7(15)5-11(16)14-10-6-8(13)3-4-9(10)12(17)18-2/h3-4,6H,5H2,1-2H3,(H,14,16). The highest BCUT2D eigenvalue weighted by Gasteiger charge is 2.15. The molecule has 18 heavy (non-hydrogen) atoms. The highest BCUT2D eigenvalue weighted by atomic mass is 19.1. The van der Waals surface area contributed by atoms with Crippen molar-refractivity contribution >= 4 is 23.3 Å². The molecule has 0 bridgehead atoms. The van der Waals surface area contributed by atoms with Crippen molar-refractivity contribution in [3.8, 4) is 0 Å². The zero-order valence-electron chi connectivity index (χ0n) is 9.95. The van der Waals surface area contributed by atoms with E-state index < -0.39 is 17.7 Å². The molecule has 0 aromatic heterocycles. The van der Waals surface area contributed by atoms with Gasteiger partial charge in [-0.1, -0.05) is 0 Å². The van der Waals surface area contributed by atoms with E-state index in [-0.39, 0.29) is 23.5 Å². The molecule has 0 saturated carbocycles. The van der Waals surface area contributed by atoms with Crippen LogP contribution < -0.4 is 5.32 Å². The molecule has 0 radical (unpaired) electrons. The summed E-state index contributed by atoms with van der Waals surface area (Å²) in [4.78, 5) is 33.5. The van der Waals surface area contributed by atoms with Gasteiger partial charge in [-0.3, -0.25) is 9.59 Å². The summed E-state index contributed by atoms with van der Waals surface area (Å²) in [5.74, 6) is -2.25. The predicted molar refractivity (Wildman–Crippen MR) is 61.7 cm³/mol. The van der Waals surface area contributed by atoms with Gasteiger partial charge in [-0.05, 0) is 25.1 Å². The molecule has 0 aliphatic rings. The Labute approximate surface area is 103 Å². The topological polar surface area (TPSA) is 72.5 Å². The van der Waals surface area contributed by atoms with E-state index in [0.29, 0.717) is 0 Å². The molecule has 96 valence electrons. The lowest BCUT2D eigenvalue weighted by atomic mass is 10.1. The van der Waals surface area contributed by atoms with E-state index in [4.69, 9.17) is 0 Å². The zero-order valence-corrected chi connectivity index (χ0v) is 9.95. The van der Waals surface area contributed by atoms with Crippen LogP contribution in [0.5, 0.6) is 0 Å². The lowest BCUT2D eigenvalue weighted by molar-refractivity contribution is -0.124. The first kappa shape index (κ1) is 13.8. The Hall–Kier alpha value is -2.24. The summed E-state index contributed by atoms with van der Waals surface area (Å²) in [6.45, 7) is 1.26. The predicted octanol–water partition coefficient (Wildman–Crippen LogP) is 1.53. The van der Waals surface area contributed by atoms with E-state index in [1.807, 2.05) is 0 Å². The van der Waals surface area contributed by atoms with Gasteiger partial charge in [-0.2, -0.15) is 0 Å². The van der Waals surface area contributed by atoms with E-state index in [2.05, 4.69) is 10.1 Å². The smallest absolute Gasteiger partial charge is 0.339 e. The largest absolute Gasteiger partial charge is 0.465 e. The molecule has 1 rings (SSSR count). The number of nitrogens with one attached hydrogen (secondary N) is 1. The Balaban J connectivity index is 2.99. The minimum Gasteiger partial charge on any atom is -0.465 e. The highest BCUT2D eigenvalue weighted by molar-refractivity contribution is 6.06. The molecule has 0 heterocycles. The van der Waals surface area contributed by atoms with Crippen LogP contribution in [0.25, 0.3) is 0 Å². The summed E-state index contributed by atoms with van der Waals surface area (Å²) in [6.07, 6.45) is -0.336. The fourth-order valence-corrected chi connectivity index (χ4v) is 1.33. The Morgan fingerprint density at radius 2 is 2.00 bits per heavy atom. The van der Waals surface area contributed by atoms with Crippen LogP contribution in [0.4, 0.5) is 10.1 Å². The Bertz CT molecular complexity index is 499. The van der Waals surface area contributed by atoms with Crippen molar-refractivity contribution in [3.05, 3.63) is 29.6 Å². The minimum atomic E-state index is -0.701. The number of esters is 1. The third kappa shape index (κ3) is 3.65. The number of carbonyl (C=O) groups excluding carboxylic acids is 3. The molecule has 1 amide bonds. The van der Waals surface area contributed by atoms with E-state index in [1.165, 1.54) is 20.1 Å². The summed E-state index contributed by atoms with van der Waals surface area (Å²) >= 11 is 0. The van der Waals surface area contributed by atoms with Gasteiger partial charge in [0.1, 0.15) is 11.6 Å². The van der Waals surface area contributed by atoms with E-state index in [1.54, 1.807) is 0 Å². The lowest BCUT2D eigenvalue weighted by Crippen LogP contribution is -2.17. The second kappa shape index (κ2) is 5.90. The van der Waals surface area contributed by atoms with Gasteiger partial charge in [0.2, 0.25) is 5.91 Å². The zero-order chi connectivity index (χ0) is 13.7. The van der Waals surface area contributed by atoms with Crippen LogP contribution in [0.1, 0.15) is 23.7 Å². The fraction of sp³-hybridized carbons (Fsp3) is 0.250. The summed E-state index contributed by atoms with van der Waals surface area (Å²) in [5.41, 5.74) is 0.00361. The number of benzene rings is 1. The fourth-order valence-electron chi connectivity index (χ4n) is 1.33.